The number of ether oxygens (including phenoxy) is 1. The van der Waals surface area contributed by atoms with Gasteiger partial charge >= 0.3 is 5.97 Å². The van der Waals surface area contributed by atoms with Crippen LogP contribution >= 0.6 is 11.6 Å². The number of aromatic nitrogens is 3. The number of hydrogen-bond acceptors (Lipinski definition) is 5. The lowest BCUT2D eigenvalue weighted by atomic mass is 9.93. The van der Waals surface area contributed by atoms with Crippen LogP contribution in [-0.4, -0.2) is 27.7 Å². The van der Waals surface area contributed by atoms with Crippen LogP contribution in [-0.2, 0) is 14.9 Å². The van der Waals surface area contributed by atoms with Crippen molar-refractivity contribution in [3.63, 3.8) is 0 Å². The molecule has 0 saturated heterocycles. The molecule has 0 amide bonds. The van der Waals surface area contributed by atoms with Crippen molar-refractivity contribution in [3.8, 4) is 17.2 Å². The maximum Gasteiger partial charge on any atom is 0.319 e. The van der Waals surface area contributed by atoms with Gasteiger partial charge in [0.25, 0.3) is 0 Å². The van der Waals surface area contributed by atoms with Crippen LogP contribution in [0.2, 0.25) is 5.15 Å². The average molecular weight is 369 g/mol. The van der Waals surface area contributed by atoms with Crippen LogP contribution < -0.4 is 0 Å². The molecule has 7 heteroatoms. The van der Waals surface area contributed by atoms with E-state index in [2.05, 4.69) is 16.2 Å². The molecule has 0 fully saturated rings. The molecule has 2 aromatic heterocycles. The van der Waals surface area contributed by atoms with E-state index in [4.69, 9.17) is 16.3 Å². The third kappa shape index (κ3) is 2.61. The summed E-state index contributed by atoms with van der Waals surface area (Å²) in [4.78, 5) is 16.5. The topological polar surface area (TPSA) is 80.3 Å². The predicted molar refractivity (Wildman–Crippen MR) is 97.9 cm³/mol. The summed E-state index contributed by atoms with van der Waals surface area (Å²) in [5.41, 5.74) is 1.92. The van der Waals surface area contributed by atoms with Gasteiger partial charge in [0.15, 0.2) is 11.5 Å². The molecule has 0 radical (unpaired) electrons. The molecule has 0 N–H and O–H groups in total. The van der Waals surface area contributed by atoms with E-state index in [9.17, 15) is 10.1 Å². The fourth-order valence-corrected chi connectivity index (χ4v) is 3.22. The van der Waals surface area contributed by atoms with E-state index in [1.807, 2.05) is 37.3 Å². The number of nitriles is 1. The Morgan fingerprint density at radius 2 is 1.96 bits per heavy atom. The summed E-state index contributed by atoms with van der Waals surface area (Å²) < 4.78 is 6.25. The number of benzene rings is 1. The Morgan fingerprint density at radius 3 is 2.54 bits per heavy atom. The van der Waals surface area contributed by atoms with Crippen molar-refractivity contribution in [2.24, 2.45) is 0 Å². The molecule has 0 aliphatic carbocycles. The zero-order chi connectivity index (χ0) is 19.1. The zero-order valence-corrected chi connectivity index (χ0v) is 15.6. The van der Waals surface area contributed by atoms with E-state index >= 15 is 0 Å². The average Bonchev–Trinajstić information content (AvgIpc) is 3.08. The maximum atomic E-state index is 12.1. The van der Waals surface area contributed by atoms with Crippen LogP contribution in [0.4, 0.5) is 0 Å². The molecular formula is C19H17ClN4O2. The second-order valence-corrected chi connectivity index (χ2v) is 6.79. The van der Waals surface area contributed by atoms with Crippen LogP contribution in [0.15, 0.2) is 30.3 Å². The van der Waals surface area contributed by atoms with E-state index in [1.54, 1.807) is 13.8 Å². The lowest BCUT2D eigenvalue weighted by Crippen LogP contribution is -2.31. The van der Waals surface area contributed by atoms with Gasteiger partial charge in [-0.3, -0.25) is 4.79 Å². The number of carbonyl (C=O) groups is 1. The van der Waals surface area contributed by atoms with Crippen LogP contribution in [0.5, 0.6) is 0 Å². The summed E-state index contributed by atoms with van der Waals surface area (Å²) in [6, 6.07) is 11.7. The van der Waals surface area contributed by atoms with Gasteiger partial charge in [-0.05, 0) is 31.9 Å². The van der Waals surface area contributed by atoms with Gasteiger partial charge in [0.05, 0.1) is 7.11 Å². The summed E-state index contributed by atoms with van der Waals surface area (Å²) in [6.45, 7) is 5.16. The zero-order valence-electron chi connectivity index (χ0n) is 14.9. The minimum atomic E-state index is -1.07. The normalized spacial score (nSPS) is 11.4. The Bertz CT molecular complexity index is 1050. The number of methoxy groups -OCH3 is 1. The molecule has 0 bridgehead atoms. The quantitative estimate of drug-likeness (QED) is 0.520. The van der Waals surface area contributed by atoms with Gasteiger partial charge in [0, 0.05) is 5.56 Å². The van der Waals surface area contributed by atoms with Gasteiger partial charge in [-0.2, -0.15) is 5.26 Å². The monoisotopic (exact) mass is 368 g/mol. The highest BCUT2D eigenvalue weighted by Gasteiger charge is 2.36. The second kappa shape index (κ2) is 6.43. The number of carbonyl (C=O) groups excluding carboxylic acids is 1. The summed E-state index contributed by atoms with van der Waals surface area (Å²) in [5.74, 6) is -0.226. The highest BCUT2D eigenvalue weighted by Crippen LogP contribution is 2.35. The Hall–Kier alpha value is -2.91. The maximum absolute atomic E-state index is 12.1. The van der Waals surface area contributed by atoms with Crippen molar-refractivity contribution in [1.82, 2.24) is 14.6 Å². The predicted octanol–water partition coefficient (Wildman–Crippen LogP) is 3.68. The minimum Gasteiger partial charge on any atom is -0.468 e. The van der Waals surface area contributed by atoms with Crippen molar-refractivity contribution in [1.29, 1.82) is 5.26 Å². The van der Waals surface area contributed by atoms with Gasteiger partial charge < -0.3 is 4.74 Å². The van der Waals surface area contributed by atoms with E-state index in [1.165, 1.54) is 11.6 Å². The van der Waals surface area contributed by atoms with E-state index < -0.39 is 11.4 Å². The highest BCUT2D eigenvalue weighted by molar-refractivity contribution is 6.32. The Balaban J connectivity index is 2.36. The third-order valence-electron chi connectivity index (χ3n) is 4.40. The van der Waals surface area contributed by atoms with Crippen molar-refractivity contribution < 1.29 is 9.53 Å². The minimum absolute atomic E-state index is 0.243. The summed E-state index contributed by atoms with van der Waals surface area (Å²) in [7, 11) is 1.31. The molecule has 132 valence electrons. The fourth-order valence-electron chi connectivity index (χ4n) is 2.85. The molecular weight excluding hydrogens is 352 g/mol. The number of pyridine rings is 1. The number of esters is 1. The first-order chi connectivity index (χ1) is 12.3. The van der Waals surface area contributed by atoms with Gasteiger partial charge in [-0.1, -0.05) is 41.9 Å². The summed E-state index contributed by atoms with van der Waals surface area (Å²) >= 11 is 6.62. The third-order valence-corrected chi connectivity index (χ3v) is 4.75. The molecule has 0 spiro atoms. The van der Waals surface area contributed by atoms with Crippen molar-refractivity contribution in [2.75, 3.05) is 7.11 Å². The standard InChI is InChI=1S/C19H17ClN4O2/c1-11-13(10-21)16-22-17(19(2,3)18(25)26-4)23-24(16)15(20)14(11)12-8-6-5-7-9-12/h5-9H,1-4H3. The van der Waals surface area contributed by atoms with Gasteiger partial charge in [0.1, 0.15) is 22.2 Å². The molecule has 0 aliphatic rings. The smallest absolute Gasteiger partial charge is 0.319 e. The summed E-state index contributed by atoms with van der Waals surface area (Å²) in [6.07, 6.45) is 0. The molecule has 0 atom stereocenters. The Labute approximate surface area is 156 Å². The molecule has 0 saturated carbocycles. The molecule has 3 rings (SSSR count). The van der Waals surface area contributed by atoms with Gasteiger partial charge in [0.2, 0.25) is 0 Å². The van der Waals surface area contributed by atoms with E-state index in [-0.39, 0.29) is 5.82 Å². The number of rotatable bonds is 3. The molecule has 0 aliphatic heterocycles. The molecule has 0 unspecified atom stereocenters. The molecule has 26 heavy (non-hydrogen) atoms. The van der Waals surface area contributed by atoms with Crippen LogP contribution in [0, 0.1) is 18.3 Å². The number of halogens is 1. The molecule has 1 aromatic carbocycles. The van der Waals surface area contributed by atoms with E-state index in [0.29, 0.717) is 27.5 Å². The van der Waals surface area contributed by atoms with Crippen molar-refractivity contribution >= 4 is 23.2 Å². The molecule has 2 heterocycles. The molecule has 3 aromatic rings. The fraction of sp³-hybridized carbons (Fsp3) is 0.263. The van der Waals surface area contributed by atoms with Gasteiger partial charge in [-0.15, -0.1) is 5.10 Å². The first-order valence-electron chi connectivity index (χ1n) is 7.96. The Kier molecular flexibility index (Phi) is 4.43. The van der Waals surface area contributed by atoms with Gasteiger partial charge in [-0.25, -0.2) is 9.50 Å². The lowest BCUT2D eigenvalue weighted by molar-refractivity contribution is -0.146. The highest BCUT2D eigenvalue weighted by atomic mass is 35.5. The first kappa shape index (κ1) is 17.9. The van der Waals surface area contributed by atoms with Crippen LogP contribution in [0.1, 0.15) is 30.8 Å². The van der Waals surface area contributed by atoms with Crippen molar-refractivity contribution in [2.45, 2.75) is 26.2 Å². The Morgan fingerprint density at radius 1 is 1.31 bits per heavy atom. The first-order valence-corrected chi connectivity index (χ1v) is 8.34. The molecule has 6 nitrogen and oxygen atoms in total. The van der Waals surface area contributed by atoms with E-state index in [0.717, 1.165) is 5.56 Å². The number of nitrogens with zero attached hydrogens (tertiary/aromatic N) is 4. The van der Waals surface area contributed by atoms with Crippen LogP contribution in [0.3, 0.4) is 0 Å². The lowest BCUT2D eigenvalue weighted by Gasteiger charge is -2.16. The number of fused-ring (bicyclic) bond motifs is 1. The number of hydrogen-bond donors (Lipinski definition) is 0. The summed E-state index contributed by atoms with van der Waals surface area (Å²) in [5, 5.41) is 14.4. The second-order valence-electron chi connectivity index (χ2n) is 6.43. The SMILES string of the molecule is COC(=O)C(C)(C)c1nc2c(C#N)c(C)c(-c3ccccc3)c(Cl)n2n1. The van der Waals surface area contributed by atoms with Crippen molar-refractivity contribution in [3.05, 3.63) is 52.4 Å². The van der Waals surface area contributed by atoms with Crippen LogP contribution in [0.25, 0.3) is 16.8 Å². The largest absolute Gasteiger partial charge is 0.468 e.